The minimum absolute atomic E-state index is 0.189. The van der Waals surface area contributed by atoms with Crippen molar-refractivity contribution in [1.29, 1.82) is 0 Å². The summed E-state index contributed by atoms with van der Waals surface area (Å²) in [5.74, 6) is -2.70. The average molecular weight is 151 g/mol. The predicted molar refractivity (Wildman–Crippen MR) is 32.8 cm³/mol. The fourth-order valence-corrected chi connectivity index (χ4v) is 1.13. The zero-order valence-electron chi connectivity index (χ0n) is 5.56. The molecule has 0 bridgehead atoms. The van der Waals surface area contributed by atoms with Gasteiger partial charge in [-0.1, -0.05) is 0 Å². The zero-order chi connectivity index (χ0) is 7.78. The topological polar surface area (TPSA) is 46.2 Å². The molecule has 2 atom stereocenters. The largest absolute Gasteiger partial charge is 0.391 e. The summed E-state index contributed by atoms with van der Waals surface area (Å²) in [7, 11) is 0. The van der Waals surface area contributed by atoms with Crippen LogP contribution in [0.5, 0.6) is 0 Å². The third-order valence-electron chi connectivity index (χ3n) is 1.85. The summed E-state index contributed by atoms with van der Waals surface area (Å²) in [6.45, 7) is 0. The molecular weight excluding hydrogens is 140 g/mol. The van der Waals surface area contributed by atoms with E-state index < -0.39 is 24.5 Å². The lowest BCUT2D eigenvalue weighted by atomic mass is 9.90. The number of aliphatic hydroxyl groups is 1. The number of rotatable bonds is 0. The van der Waals surface area contributed by atoms with Gasteiger partial charge in [0.15, 0.2) is 0 Å². The highest BCUT2D eigenvalue weighted by Gasteiger charge is 2.39. The van der Waals surface area contributed by atoms with E-state index in [9.17, 15) is 8.78 Å². The first kappa shape index (κ1) is 7.88. The maximum Gasteiger partial charge on any atom is 0.250 e. The van der Waals surface area contributed by atoms with Crippen molar-refractivity contribution in [2.45, 2.75) is 37.3 Å². The number of nitrogens with two attached hydrogens (primary N) is 1. The Labute approximate surface area is 58.0 Å². The van der Waals surface area contributed by atoms with Gasteiger partial charge in [-0.05, 0) is 6.42 Å². The Balaban J connectivity index is 2.49. The normalized spacial score (nSPS) is 39.6. The van der Waals surface area contributed by atoms with Crippen LogP contribution in [0.2, 0.25) is 0 Å². The maximum absolute atomic E-state index is 12.4. The van der Waals surface area contributed by atoms with E-state index in [1.54, 1.807) is 0 Å². The molecule has 2 nitrogen and oxygen atoms in total. The molecule has 0 amide bonds. The van der Waals surface area contributed by atoms with Crippen molar-refractivity contribution in [3.8, 4) is 0 Å². The van der Waals surface area contributed by atoms with E-state index in [1.807, 2.05) is 0 Å². The van der Waals surface area contributed by atoms with Gasteiger partial charge in [0, 0.05) is 18.9 Å². The van der Waals surface area contributed by atoms with E-state index in [-0.39, 0.29) is 12.8 Å². The standard InChI is InChI=1S/C6H11F2NO/c7-6(8)2-1-4(9)5(10)3-6/h4-5,10H,1-3,9H2/t4-,5+/m1/s1. The monoisotopic (exact) mass is 151 g/mol. The molecule has 3 N–H and O–H groups in total. The molecule has 0 aromatic rings. The number of alkyl halides is 2. The Morgan fingerprint density at radius 3 is 2.50 bits per heavy atom. The molecule has 60 valence electrons. The van der Waals surface area contributed by atoms with Gasteiger partial charge >= 0.3 is 0 Å². The molecular formula is C6H11F2NO. The van der Waals surface area contributed by atoms with Crippen molar-refractivity contribution in [2.24, 2.45) is 5.73 Å². The van der Waals surface area contributed by atoms with Crippen LogP contribution in [0.25, 0.3) is 0 Å². The molecule has 0 aliphatic heterocycles. The molecule has 0 heterocycles. The number of aliphatic hydroxyl groups excluding tert-OH is 1. The van der Waals surface area contributed by atoms with Crippen LogP contribution in [0.4, 0.5) is 8.78 Å². The van der Waals surface area contributed by atoms with Crippen LogP contribution in [-0.2, 0) is 0 Å². The van der Waals surface area contributed by atoms with Crippen LogP contribution >= 0.6 is 0 Å². The van der Waals surface area contributed by atoms with Crippen molar-refractivity contribution in [3.63, 3.8) is 0 Å². The van der Waals surface area contributed by atoms with Crippen molar-refractivity contribution in [3.05, 3.63) is 0 Å². The lowest BCUT2D eigenvalue weighted by molar-refractivity contribution is -0.0825. The van der Waals surface area contributed by atoms with Gasteiger partial charge in [0.25, 0.3) is 5.92 Å². The highest BCUT2D eigenvalue weighted by Crippen LogP contribution is 2.32. The van der Waals surface area contributed by atoms with Crippen molar-refractivity contribution < 1.29 is 13.9 Å². The van der Waals surface area contributed by atoms with Gasteiger partial charge in [0.2, 0.25) is 0 Å². The smallest absolute Gasteiger partial charge is 0.250 e. The maximum atomic E-state index is 12.4. The summed E-state index contributed by atoms with van der Waals surface area (Å²) >= 11 is 0. The van der Waals surface area contributed by atoms with Crippen molar-refractivity contribution >= 4 is 0 Å². The van der Waals surface area contributed by atoms with Crippen LogP contribution in [0.3, 0.4) is 0 Å². The summed E-state index contributed by atoms with van der Waals surface area (Å²) in [5, 5.41) is 8.91. The summed E-state index contributed by atoms with van der Waals surface area (Å²) in [6, 6.07) is -0.459. The average Bonchev–Trinajstić information content (AvgIpc) is 1.79. The van der Waals surface area contributed by atoms with Gasteiger partial charge < -0.3 is 10.8 Å². The minimum atomic E-state index is -2.70. The van der Waals surface area contributed by atoms with Crippen molar-refractivity contribution in [2.75, 3.05) is 0 Å². The molecule has 1 saturated carbocycles. The molecule has 0 radical (unpaired) electrons. The SMILES string of the molecule is N[C@@H]1CCC(F)(F)C[C@@H]1O. The summed E-state index contributed by atoms with van der Waals surface area (Å²) in [5.41, 5.74) is 5.32. The second-order valence-electron chi connectivity index (χ2n) is 2.83. The Kier molecular flexibility index (Phi) is 1.92. The van der Waals surface area contributed by atoms with E-state index in [4.69, 9.17) is 10.8 Å². The first-order chi connectivity index (χ1) is 4.51. The van der Waals surface area contributed by atoms with Crippen LogP contribution in [-0.4, -0.2) is 23.2 Å². The van der Waals surface area contributed by atoms with Gasteiger partial charge in [-0.25, -0.2) is 8.78 Å². The molecule has 1 aliphatic carbocycles. The zero-order valence-corrected chi connectivity index (χ0v) is 5.56. The van der Waals surface area contributed by atoms with Crippen molar-refractivity contribution in [1.82, 2.24) is 0 Å². The van der Waals surface area contributed by atoms with Crippen LogP contribution < -0.4 is 5.73 Å². The molecule has 1 fully saturated rings. The molecule has 0 saturated heterocycles. The molecule has 4 heteroatoms. The van der Waals surface area contributed by atoms with Gasteiger partial charge in [0.1, 0.15) is 0 Å². The Morgan fingerprint density at radius 2 is 2.10 bits per heavy atom. The molecule has 0 spiro atoms. The highest BCUT2D eigenvalue weighted by molar-refractivity contribution is 4.86. The van der Waals surface area contributed by atoms with Gasteiger partial charge in [-0.3, -0.25) is 0 Å². The molecule has 10 heavy (non-hydrogen) atoms. The first-order valence-electron chi connectivity index (χ1n) is 3.33. The second-order valence-corrected chi connectivity index (χ2v) is 2.83. The Bertz CT molecular complexity index is 129. The first-order valence-corrected chi connectivity index (χ1v) is 3.33. The van der Waals surface area contributed by atoms with Gasteiger partial charge in [-0.2, -0.15) is 0 Å². The number of hydrogen-bond acceptors (Lipinski definition) is 2. The second kappa shape index (κ2) is 2.43. The Morgan fingerprint density at radius 1 is 1.50 bits per heavy atom. The lowest BCUT2D eigenvalue weighted by Crippen LogP contribution is -2.44. The van der Waals surface area contributed by atoms with Gasteiger partial charge in [-0.15, -0.1) is 0 Å². The molecule has 0 aromatic heterocycles. The third-order valence-corrected chi connectivity index (χ3v) is 1.85. The fraction of sp³-hybridized carbons (Fsp3) is 1.00. The summed E-state index contributed by atoms with van der Waals surface area (Å²) in [4.78, 5) is 0. The van der Waals surface area contributed by atoms with Gasteiger partial charge in [0.05, 0.1) is 6.10 Å². The lowest BCUT2D eigenvalue weighted by Gasteiger charge is -2.30. The number of halogens is 2. The minimum Gasteiger partial charge on any atom is -0.391 e. The van der Waals surface area contributed by atoms with E-state index in [2.05, 4.69) is 0 Å². The van der Waals surface area contributed by atoms with Crippen LogP contribution in [0, 0.1) is 0 Å². The Hall–Kier alpha value is -0.220. The van der Waals surface area contributed by atoms with Crippen LogP contribution in [0.1, 0.15) is 19.3 Å². The molecule has 1 aliphatic rings. The summed E-state index contributed by atoms with van der Waals surface area (Å²) in [6.07, 6.45) is -1.48. The van der Waals surface area contributed by atoms with E-state index in [0.29, 0.717) is 0 Å². The third kappa shape index (κ3) is 1.64. The number of hydrogen-bond donors (Lipinski definition) is 2. The van der Waals surface area contributed by atoms with E-state index >= 15 is 0 Å². The molecule has 1 rings (SSSR count). The highest BCUT2D eigenvalue weighted by atomic mass is 19.3. The van der Waals surface area contributed by atoms with E-state index in [1.165, 1.54) is 0 Å². The predicted octanol–water partition coefficient (Wildman–Crippen LogP) is 0.494. The molecule has 0 aromatic carbocycles. The summed E-state index contributed by atoms with van der Waals surface area (Å²) < 4.78 is 24.8. The quantitative estimate of drug-likeness (QED) is 0.529. The molecule has 0 unspecified atom stereocenters. The fourth-order valence-electron chi connectivity index (χ4n) is 1.13. The van der Waals surface area contributed by atoms with E-state index in [0.717, 1.165) is 0 Å². The van der Waals surface area contributed by atoms with Crippen LogP contribution in [0.15, 0.2) is 0 Å².